The second-order valence-corrected chi connectivity index (χ2v) is 10.1. The molecule has 4 aliphatic carbocycles. The predicted molar refractivity (Wildman–Crippen MR) is 121 cm³/mol. The van der Waals surface area contributed by atoms with Crippen LogP contribution in [0.3, 0.4) is 0 Å². The standard InChI is InChI=1S/C26H29N3O2/c30-25(15-26(31)19-9-17-8-18(11-19)12-20(26)10-17)27-21-6-7-22-23(14-21)29-24(28-22)13-16-4-2-1-3-5-16/h1-7,14,17-20,31H,8-13,15H2,(H,27,30)(H,28,29). The molecule has 5 heteroatoms. The first kappa shape index (κ1) is 19.1. The number of rotatable bonds is 5. The van der Waals surface area contributed by atoms with Crippen molar-refractivity contribution in [3.63, 3.8) is 0 Å². The molecule has 4 saturated carbocycles. The number of nitrogens with one attached hydrogen (secondary N) is 2. The lowest BCUT2D eigenvalue weighted by Crippen LogP contribution is -2.58. The number of hydrogen-bond acceptors (Lipinski definition) is 3. The minimum atomic E-state index is -0.821. The van der Waals surface area contributed by atoms with Crippen LogP contribution in [-0.2, 0) is 11.2 Å². The number of aromatic nitrogens is 2. The second-order valence-electron chi connectivity index (χ2n) is 10.1. The van der Waals surface area contributed by atoms with Gasteiger partial charge in [0.05, 0.1) is 23.1 Å². The molecule has 2 aromatic carbocycles. The maximum absolute atomic E-state index is 12.9. The van der Waals surface area contributed by atoms with Gasteiger partial charge in [-0.2, -0.15) is 0 Å². The summed E-state index contributed by atoms with van der Waals surface area (Å²) in [6.07, 6.45) is 6.69. The first-order chi connectivity index (χ1) is 15.0. The van der Waals surface area contributed by atoms with Crippen LogP contribution in [0.25, 0.3) is 11.0 Å². The third-order valence-corrected chi connectivity index (χ3v) is 8.02. The highest BCUT2D eigenvalue weighted by molar-refractivity contribution is 5.93. The zero-order valence-electron chi connectivity index (χ0n) is 17.7. The summed E-state index contributed by atoms with van der Waals surface area (Å²) in [4.78, 5) is 20.9. The Balaban J connectivity index is 1.16. The molecular weight excluding hydrogens is 386 g/mol. The predicted octanol–water partition coefficient (Wildman–Crippen LogP) is 4.67. The fourth-order valence-corrected chi connectivity index (χ4v) is 6.76. The Bertz CT molecular complexity index is 1090. The lowest BCUT2D eigenvalue weighted by molar-refractivity contribution is -0.178. The van der Waals surface area contributed by atoms with Crippen molar-refractivity contribution in [1.82, 2.24) is 9.97 Å². The Kier molecular flexibility index (Phi) is 4.42. The average molecular weight is 416 g/mol. The summed E-state index contributed by atoms with van der Waals surface area (Å²) in [5, 5.41) is 14.5. The Labute approximate surface area is 182 Å². The fourth-order valence-electron chi connectivity index (χ4n) is 6.76. The molecule has 3 aromatic rings. The van der Waals surface area contributed by atoms with Crippen molar-refractivity contribution in [3.8, 4) is 0 Å². The van der Waals surface area contributed by atoms with Crippen LogP contribution in [0.5, 0.6) is 0 Å². The first-order valence-electron chi connectivity index (χ1n) is 11.6. The lowest BCUT2D eigenvalue weighted by atomic mass is 9.49. The van der Waals surface area contributed by atoms with Gasteiger partial charge in [-0.1, -0.05) is 30.3 Å². The van der Waals surface area contributed by atoms with E-state index in [2.05, 4.69) is 27.4 Å². The van der Waals surface area contributed by atoms with Gasteiger partial charge in [0.1, 0.15) is 5.82 Å². The number of amides is 1. The van der Waals surface area contributed by atoms with Gasteiger partial charge in [0.25, 0.3) is 0 Å². The number of aromatic amines is 1. The molecule has 3 N–H and O–H groups in total. The molecule has 5 nitrogen and oxygen atoms in total. The zero-order chi connectivity index (χ0) is 21.0. The van der Waals surface area contributed by atoms with Gasteiger partial charge in [-0.3, -0.25) is 4.79 Å². The van der Waals surface area contributed by atoms with Crippen molar-refractivity contribution in [2.45, 2.75) is 50.5 Å². The third-order valence-electron chi connectivity index (χ3n) is 8.02. The van der Waals surface area contributed by atoms with Gasteiger partial charge < -0.3 is 15.4 Å². The van der Waals surface area contributed by atoms with Crippen LogP contribution < -0.4 is 5.32 Å². The van der Waals surface area contributed by atoms with Crippen LogP contribution in [0.2, 0.25) is 0 Å². The SMILES string of the molecule is O=C(CC1(O)C2CC3CC(C2)CC1C3)Nc1ccc2nc(Cc3ccccc3)[nH]c2c1. The summed E-state index contributed by atoms with van der Waals surface area (Å²) in [5.74, 6) is 2.97. The Morgan fingerprint density at radius 2 is 1.74 bits per heavy atom. The van der Waals surface area contributed by atoms with Gasteiger partial charge in [0.2, 0.25) is 5.91 Å². The molecule has 0 radical (unpaired) electrons. The monoisotopic (exact) mass is 415 g/mol. The summed E-state index contributed by atoms with van der Waals surface area (Å²) >= 11 is 0. The normalized spacial score (nSPS) is 31.3. The molecule has 160 valence electrons. The molecule has 0 saturated heterocycles. The van der Waals surface area contributed by atoms with Crippen molar-refractivity contribution in [3.05, 3.63) is 59.9 Å². The van der Waals surface area contributed by atoms with Gasteiger partial charge in [-0.25, -0.2) is 4.98 Å². The Hall–Kier alpha value is -2.66. The summed E-state index contributed by atoms with van der Waals surface area (Å²) < 4.78 is 0. The lowest BCUT2D eigenvalue weighted by Gasteiger charge is -2.58. The number of benzene rings is 2. The molecule has 1 aromatic heterocycles. The number of carbonyl (C=O) groups is 1. The summed E-state index contributed by atoms with van der Waals surface area (Å²) in [6.45, 7) is 0. The number of fused-ring (bicyclic) bond motifs is 1. The van der Waals surface area contributed by atoms with Crippen molar-refractivity contribution >= 4 is 22.6 Å². The van der Waals surface area contributed by atoms with E-state index in [1.54, 1.807) is 0 Å². The molecule has 0 atom stereocenters. The summed E-state index contributed by atoms with van der Waals surface area (Å²) in [5.41, 5.74) is 2.94. The molecular formula is C26H29N3O2. The highest BCUT2D eigenvalue weighted by atomic mass is 16.3. The number of carbonyl (C=O) groups excluding carboxylic acids is 1. The van der Waals surface area contributed by atoms with Crippen molar-refractivity contribution in [2.75, 3.05) is 5.32 Å². The average Bonchev–Trinajstić information content (AvgIpc) is 3.14. The quantitative estimate of drug-likeness (QED) is 0.567. The van der Waals surface area contributed by atoms with Crippen molar-refractivity contribution in [1.29, 1.82) is 0 Å². The molecule has 1 amide bonds. The highest BCUT2D eigenvalue weighted by Gasteiger charge is 2.56. The zero-order valence-corrected chi connectivity index (χ0v) is 17.7. The Morgan fingerprint density at radius 1 is 1.03 bits per heavy atom. The van der Waals surface area contributed by atoms with Gasteiger partial charge in [-0.05, 0) is 79.5 Å². The number of anilines is 1. The molecule has 4 bridgehead atoms. The largest absolute Gasteiger partial charge is 0.389 e. The van der Waals surface area contributed by atoms with E-state index in [0.717, 1.165) is 66.5 Å². The molecule has 4 fully saturated rings. The maximum Gasteiger partial charge on any atom is 0.227 e. The number of nitrogens with zero attached hydrogens (tertiary/aromatic N) is 1. The van der Waals surface area contributed by atoms with Crippen LogP contribution in [0.15, 0.2) is 48.5 Å². The van der Waals surface area contributed by atoms with Gasteiger partial charge >= 0.3 is 0 Å². The molecule has 7 rings (SSSR count). The number of aliphatic hydroxyl groups is 1. The van der Waals surface area contributed by atoms with Crippen LogP contribution in [0.4, 0.5) is 5.69 Å². The first-order valence-corrected chi connectivity index (χ1v) is 11.6. The van der Waals surface area contributed by atoms with Gasteiger partial charge in [-0.15, -0.1) is 0 Å². The molecule has 0 unspecified atom stereocenters. The minimum absolute atomic E-state index is 0.0849. The van der Waals surface area contributed by atoms with E-state index in [9.17, 15) is 9.90 Å². The summed E-state index contributed by atoms with van der Waals surface area (Å²) in [6, 6.07) is 16.0. The third kappa shape index (κ3) is 3.45. The fraction of sp³-hybridized carbons (Fsp3) is 0.462. The van der Waals surface area contributed by atoms with Crippen LogP contribution in [-0.4, -0.2) is 26.6 Å². The van der Waals surface area contributed by atoms with Crippen LogP contribution in [0.1, 0.15) is 49.9 Å². The Morgan fingerprint density at radius 3 is 2.45 bits per heavy atom. The van der Waals surface area contributed by atoms with E-state index in [0.29, 0.717) is 11.8 Å². The second kappa shape index (κ2) is 7.20. The van der Waals surface area contributed by atoms with E-state index in [1.165, 1.54) is 12.0 Å². The van der Waals surface area contributed by atoms with Crippen LogP contribution >= 0.6 is 0 Å². The molecule has 0 aliphatic heterocycles. The van der Waals surface area contributed by atoms with Crippen molar-refractivity contribution < 1.29 is 9.90 Å². The van der Waals surface area contributed by atoms with Gasteiger partial charge in [0, 0.05) is 12.1 Å². The number of hydrogen-bond donors (Lipinski definition) is 3. The molecule has 31 heavy (non-hydrogen) atoms. The molecule has 4 aliphatic rings. The van der Waals surface area contributed by atoms with E-state index in [4.69, 9.17) is 0 Å². The van der Waals surface area contributed by atoms with E-state index in [-0.39, 0.29) is 12.3 Å². The van der Waals surface area contributed by atoms with Crippen LogP contribution in [0, 0.1) is 23.7 Å². The van der Waals surface area contributed by atoms with Gasteiger partial charge in [0.15, 0.2) is 0 Å². The van der Waals surface area contributed by atoms with Crippen molar-refractivity contribution in [2.24, 2.45) is 23.7 Å². The van der Waals surface area contributed by atoms with E-state index < -0.39 is 5.60 Å². The minimum Gasteiger partial charge on any atom is -0.389 e. The summed E-state index contributed by atoms with van der Waals surface area (Å²) in [7, 11) is 0. The smallest absolute Gasteiger partial charge is 0.227 e. The maximum atomic E-state index is 12.9. The number of H-pyrrole nitrogens is 1. The molecule has 1 heterocycles. The number of imidazole rings is 1. The highest BCUT2D eigenvalue weighted by Crippen LogP contribution is 2.59. The van der Waals surface area contributed by atoms with E-state index in [1.807, 2.05) is 36.4 Å². The topological polar surface area (TPSA) is 78.0 Å². The van der Waals surface area contributed by atoms with E-state index >= 15 is 0 Å². The molecule has 0 spiro atoms.